The van der Waals surface area contributed by atoms with Gasteiger partial charge in [-0.1, -0.05) is 0 Å². The number of hydrogen-bond acceptors (Lipinski definition) is 2. The lowest BCUT2D eigenvalue weighted by atomic mass is 10.1. The zero-order valence-electron chi connectivity index (χ0n) is 12.7. The van der Waals surface area contributed by atoms with Crippen molar-refractivity contribution in [3.05, 3.63) is 17.0 Å². The second-order valence-corrected chi connectivity index (χ2v) is 4.63. The summed E-state index contributed by atoms with van der Waals surface area (Å²) < 4.78 is 1.94. The topological polar surface area (TPSA) is 54.2 Å². The van der Waals surface area contributed by atoms with Gasteiger partial charge in [0.1, 0.15) is 0 Å². The van der Waals surface area contributed by atoms with Gasteiger partial charge < -0.3 is 10.6 Å². The van der Waals surface area contributed by atoms with Crippen LogP contribution < -0.4 is 10.6 Å². The van der Waals surface area contributed by atoms with Gasteiger partial charge in [-0.15, -0.1) is 24.0 Å². The number of rotatable bonds is 4. The molecule has 0 aliphatic carbocycles. The van der Waals surface area contributed by atoms with Crippen molar-refractivity contribution >= 4 is 29.9 Å². The standard InChI is InChI=1S/C13H25N5.HI/c1-7-15-13(14-5)16-9(2)8-12-10(3)17-18(6)11(12)4;/h9H,7-8H2,1-6H3,(H2,14,15,16);1H. The summed E-state index contributed by atoms with van der Waals surface area (Å²) in [7, 11) is 3.78. The molecular weight excluding hydrogens is 353 g/mol. The Hall–Kier alpha value is -0.790. The molecule has 0 aliphatic heterocycles. The summed E-state index contributed by atoms with van der Waals surface area (Å²) >= 11 is 0. The third kappa shape index (κ3) is 5.00. The normalized spacial score (nSPS) is 12.8. The summed E-state index contributed by atoms with van der Waals surface area (Å²) in [4.78, 5) is 4.18. The van der Waals surface area contributed by atoms with Gasteiger partial charge in [0, 0.05) is 32.4 Å². The fraction of sp³-hybridized carbons (Fsp3) is 0.692. The van der Waals surface area contributed by atoms with E-state index in [4.69, 9.17) is 0 Å². The molecule has 1 aromatic rings. The third-order valence-corrected chi connectivity index (χ3v) is 3.12. The van der Waals surface area contributed by atoms with E-state index in [1.807, 2.05) is 11.7 Å². The molecule has 1 rings (SSSR count). The molecule has 0 aliphatic rings. The average molecular weight is 379 g/mol. The van der Waals surface area contributed by atoms with Crippen molar-refractivity contribution in [3.8, 4) is 0 Å². The number of halogens is 1. The minimum Gasteiger partial charge on any atom is -0.357 e. The number of aromatic nitrogens is 2. The van der Waals surface area contributed by atoms with Crippen LogP contribution >= 0.6 is 24.0 Å². The Morgan fingerprint density at radius 2 is 2.05 bits per heavy atom. The first-order valence-electron chi connectivity index (χ1n) is 6.45. The van der Waals surface area contributed by atoms with Crippen LogP contribution in [0.2, 0.25) is 0 Å². The molecule has 0 saturated heterocycles. The molecule has 110 valence electrons. The van der Waals surface area contributed by atoms with Crippen molar-refractivity contribution in [1.82, 2.24) is 20.4 Å². The maximum Gasteiger partial charge on any atom is 0.191 e. The van der Waals surface area contributed by atoms with Crippen LogP contribution in [0.3, 0.4) is 0 Å². The number of hydrogen-bond donors (Lipinski definition) is 2. The predicted octanol–water partition coefficient (Wildman–Crippen LogP) is 1.77. The molecule has 0 saturated carbocycles. The Balaban J connectivity index is 0.00000324. The van der Waals surface area contributed by atoms with E-state index < -0.39 is 0 Å². The molecule has 1 atom stereocenters. The molecule has 0 spiro atoms. The maximum atomic E-state index is 4.44. The Kier molecular flexibility index (Phi) is 8.05. The fourth-order valence-corrected chi connectivity index (χ4v) is 2.07. The smallest absolute Gasteiger partial charge is 0.191 e. The van der Waals surface area contributed by atoms with Gasteiger partial charge in [-0.3, -0.25) is 9.67 Å². The molecular formula is C13H26IN5. The second kappa shape index (κ2) is 8.39. The maximum absolute atomic E-state index is 4.44. The van der Waals surface area contributed by atoms with Crippen LogP contribution in [0.4, 0.5) is 0 Å². The molecule has 6 heteroatoms. The van der Waals surface area contributed by atoms with Crippen LogP contribution in [0.25, 0.3) is 0 Å². The average Bonchev–Trinajstić information content (AvgIpc) is 2.55. The first kappa shape index (κ1) is 18.2. The molecule has 0 radical (unpaired) electrons. The summed E-state index contributed by atoms with van der Waals surface area (Å²) in [6.07, 6.45) is 0.954. The first-order chi connectivity index (χ1) is 8.49. The lowest BCUT2D eigenvalue weighted by molar-refractivity contribution is 0.638. The summed E-state index contributed by atoms with van der Waals surface area (Å²) in [6, 6.07) is 0.323. The van der Waals surface area contributed by atoms with Crippen LogP contribution in [-0.2, 0) is 13.5 Å². The molecule has 19 heavy (non-hydrogen) atoms. The number of nitrogens with one attached hydrogen (secondary N) is 2. The molecule has 2 N–H and O–H groups in total. The Morgan fingerprint density at radius 3 is 2.47 bits per heavy atom. The predicted molar refractivity (Wildman–Crippen MR) is 91.4 cm³/mol. The van der Waals surface area contributed by atoms with Gasteiger partial charge in [0.15, 0.2) is 5.96 Å². The molecule has 5 nitrogen and oxygen atoms in total. The van der Waals surface area contributed by atoms with Crippen LogP contribution in [-0.4, -0.2) is 35.4 Å². The van der Waals surface area contributed by atoms with E-state index in [1.54, 1.807) is 7.05 Å². The zero-order chi connectivity index (χ0) is 13.7. The summed E-state index contributed by atoms with van der Waals surface area (Å²) in [5.74, 6) is 0.851. The molecule has 0 fully saturated rings. The minimum absolute atomic E-state index is 0. The minimum atomic E-state index is 0. The van der Waals surface area contributed by atoms with E-state index >= 15 is 0 Å². The number of aryl methyl sites for hydroxylation is 2. The number of guanidine groups is 1. The molecule has 1 heterocycles. The van der Waals surface area contributed by atoms with Crippen LogP contribution in [0.1, 0.15) is 30.8 Å². The summed E-state index contributed by atoms with van der Waals surface area (Å²) in [5.41, 5.74) is 3.67. The summed E-state index contributed by atoms with van der Waals surface area (Å²) in [5, 5.41) is 11.0. The van der Waals surface area contributed by atoms with Gasteiger partial charge in [-0.2, -0.15) is 5.10 Å². The van der Waals surface area contributed by atoms with E-state index in [0.717, 1.165) is 24.6 Å². The van der Waals surface area contributed by atoms with Gasteiger partial charge >= 0.3 is 0 Å². The highest BCUT2D eigenvalue weighted by Crippen LogP contribution is 2.13. The van der Waals surface area contributed by atoms with Crippen molar-refractivity contribution in [3.63, 3.8) is 0 Å². The Labute approximate surface area is 133 Å². The highest BCUT2D eigenvalue weighted by molar-refractivity contribution is 14.0. The number of aliphatic imine (C=N–C) groups is 1. The monoisotopic (exact) mass is 379 g/mol. The zero-order valence-corrected chi connectivity index (χ0v) is 15.1. The third-order valence-electron chi connectivity index (χ3n) is 3.12. The first-order valence-corrected chi connectivity index (χ1v) is 6.45. The van der Waals surface area contributed by atoms with Gasteiger partial charge in [-0.25, -0.2) is 0 Å². The summed E-state index contributed by atoms with van der Waals surface area (Å²) in [6.45, 7) is 9.27. The lowest BCUT2D eigenvalue weighted by Gasteiger charge is -2.17. The van der Waals surface area contributed by atoms with Gasteiger partial charge in [0.2, 0.25) is 0 Å². The Bertz CT molecular complexity index is 425. The van der Waals surface area contributed by atoms with Gasteiger partial charge in [0.25, 0.3) is 0 Å². The van der Waals surface area contributed by atoms with Crippen molar-refractivity contribution in [1.29, 1.82) is 0 Å². The van der Waals surface area contributed by atoms with E-state index in [1.165, 1.54) is 11.3 Å². The number of nitrogens with zero attached hydrogens (tertiary/aromatic N) is 3. The van der Waals surface area contributed by atoms with Crippen molar-refractivity contribution in [2.45, 2.75) is 40.2 Å². The van der Waals surface area contributed by atoms with E-state index in [2.05, 4.69) is 48.4 Å². The Morgan fingerprint density at radius 1 is 1.42 bits per heavy atom. The fourth-order valence-electron chi connectivity index (χ4n) is 2.07. The van der Waals surface area contributed by atoms with Crippen molar-refractivity contribution in [2.24, 2.45) is 12.0 Å². The van der Waals surface area contributed by atoms with E-state index in [-0.39, 0.29) is 24.0 Å². The van der Waals surface area contributed by atoms with Gasteiger partial charge in [0.05, 0.1) is 5.69 Å². The van der Waals surface area contributed by atoms with Crippen LogP contribution in [0.15, 0.2) is 4.99 Å². The van der Waals surface area contributed by atoms with Crippen molar-refractivity contribution < 1.29 is 0 Å². The SMILES string of the molecule is CCNC(=NC)NC(C)Cc1c(C)nn(C)c1C.I. The van der Waals surface area contributed by atoms with Crippen LogP contribution in [0.5, 0.6) is 0 Å². The van der Waals surface area contributed by atoms with Crippen molar-refractivity contribution in [2.75, 3.05) is 13.6 Å². The highest BCUT2D eigenvalue weighted by atomic mass is 127. The molecule has 0 aromatic carbocycles. The molecule has 0 bridgehead atoms. The van der Waals surface area contributed by atoms with Crippen LogP contribution in [0, 0.1) is 13.8 Å². The molecule has 0 amide bonds. The van der Waals surface area contributed by atoms with E-state index in [9.17, 15) is 0 Å². The lowest BCUT2D eigenvalue weighted by Crippen LogP contribution is -2.43. The van der Waals surface area contributed by atoms with Gasteiger partial charge in [-0.05, 0) is 39.7 Å². The second-order valence-electron chi connectivity index (χ2n) is 4.63. The largest absolute Gasteiger partial charge is 0.357 e. The quantitative estimate of drug-likeness (QED) is 0.476. The van der Waals surface area contributed by atoms with E-state index in [0.29, 0.717) is 6.04 Å². The molecule has 1 aromatic heterocycles. The highest BCUT2D eigenvalue weighted by Gasteiger charge is 2.13. The molecule has 1 unspecified atom stereocenters.